The van der Waals surface area contributed by atoms with E-state index < -0.39 is 0 Å². The maximum absolute atomic E-state index is 5.07. The number of rotatable bonds is 2. The van der Waals surface area contributed by atoms with Gasteiger partial charge in [-0.25, -0.2) is 4.98 Å². The van der Waals surface area contributed by atoms with Gasteiger partial charge in [0.15, 0.2) is 5.65 Å². The summed E-state index contributed by atoms with van der Waals surface area (Å²) in [6.45, 7) is 15.7. The summed E-state index contributed by atoms with van der Waals surface area (Å²) in [6, 6.07) is 10.9. The molecule has 4 rings (SSSR count). The molecule has 0 amide bonds. The second kappa shape index (κ2) is 6.91. The van der Waals surface area contributed by atoms with E-state index in [0.29, 0.717) is 11.8 Å². The van der Waals surface area contributed by atoms with E-state index in [1.807, 2.05) is 6.20 Å². The summed E-state index contributed by atoms with van der Waals surface area (Å²) in [6.07, 6.45) is 3.27. The highest BCUT2D eigenvalue weighted by atomic mass is 15.3. The van der Waals surface area contributed by atoms with E-state index >= 15 is 0 Å². The average molecular weight is 377 g/mol. The lowest BCUT2D eigenvalue weighted by molar-refractivity contribution is 0.354. The van der Waals surface area contributed by atoms with E-state index in [0.717, 1.165) is 30.0 Å². The van der Waals surface area contributed by atoms with Gasteiger partial charge in [0, 0.05) is 30.1 Å². The molecule has 28 heavy (non-hydrogen) atoms. The number of benzene rings is 1. The molecule has 2 unspecified atom stereocenters. The molecule has 0 spiro atoms. The Morgan fingerprint density at radius 2 is 1.64 bits per heavy atom. The highest BCUT2D eigenvalue weighted by Crippen LogP contribution is 2.33. The highest BCUT2D eigenvalue weighted by molar-refractivity contribution is 5.78. The first-order valence-corrected chi connectivity index (χ1v) is 10.4. The Kier molecular flexibility index (Phi) is 4.68. The molecule has 0 bridgehead atoms. The average Bonchev–Trinajstić information content (AvgIpc) is 3.04. The third-order valence-corrected chi connectivity index (χ3v) is 5.78. The van der Waals surface area contributed by atoms with Crippen molar-refractivity contribution in [2.24, 2.45) is 11.8 Å². The zero-order valence-corrected chi connectivity index (χ0v) is 18.0. The lowest BCUT2D eigenvalue weighted by atomic mass is 9.90. The van der Waals surface area contributed by atoms with E-state index in [-0.39, 0.29) is 5.41 Å². The summed E-state index contributed by atoms with van der Waals surface area (Å²) in [4.78, 5) is 7.58. The summed E-state index contributed by atoms with van der Waals surface area (Å²) in [5, 5.41) is 4.78. The molecular formula is C24H32N4. The standard InChI is InChI=1S/C24H32N4/c1-16-7-9-19(10-8-16)20-13-25-28-22(27-14-17(2)11-18(3)15-27)12-21(24(4,5)6)26-23(20)28/h7-10,12-13,17-18H,11,14-15H2,1-6H3. The summed E-state index contributed by atoms with van der Waals surface area (Å²) >= 11 is 0. The molecule has 0 N–H and O–H groups in total. The van der Waals surface area contributed by atoms with Crippen LogP contribution in [0.2, 0.25) is 0 Å². The second-order valence-electron chi connectivity index (χ2n) is 9.76. The van der Waals surface area contributed by atoms with Crippen molar-refractivity contribution in [3.8, 4) is 11.1 Å². The molecule has 4 heteroatoms. The van der Waals surface area contributed by atoms with Crippen molar-refractivity contribution in [3.05, 3.63) is 47.8 Å². The number of hydrogen-bond donors (Lipinski definition) is 0. The molecule has 0 radical (unpaired) electrons. The van der Waals surface area contributed by atoms with Crippen molar-refractivity contribution in [2.45, 2.75) is 53.4 Å². The van der Waals surface area contributed by atoms with E-state index in [1.54, 1.807) is 0 Å². The van der Waals surface area contributed by atoms with Gasteiger partial charge in [0.25, 0.3) is 0 Å². The molecule has 2 aromatic heterocycles. The zero-order chi connectivity index (χ0) is 20.1. The van der Waals surface area contributed by atoms with Gasteiger partial charge in [-0.3, -0.25) is 0 Å². The van der Waals surface area contributed by atoms with Crippen molar-refractivity contribution in [1.82, 2.24) is 14.6 Å². The van der Waals surface area contributed by atoms with Crippen LogP contribution in [0.15, 0.2) is 36.5 Å². The fraction of sp³-hybridized carbons (Fsp3) is 0.500. The van der Waals surface area contributed by atoms with Crippen LogP contribution in [-0.4, -0.2) is 27.7 Å². The number of hydrogen-bond acceptors (Lipinski definition) is 3. The summed E-state index contributed by atoms with van der Waals surface area (Å²) in [7, 11) is 0. The lowest BCUT2D eigenvalue weighted by Crippen LogP contribution is -2.40. The predicted molar refractivity (Wildman–Crippen MR) is 117 cm³/mol. The SMILES string of the molecule is Cc1ccc(-c2cnn3c(N4CC(C)CC(C)C4)cc(C(C)(C)C)nc23)cc1. The molecule has 3 aromatic rings. The molecule has 3 heterocycles. The topological polar surface area (TPSA) is 33.4 Å². The molecule has 0 aliphatic carbocycles. The second-order valence-corrected chi connectivity index (χ2v) is 9.76. The Hall–Kier alpha value is -2.36. The van der Waals surface area contributed by atoms with Gasteiger partial charge in [-0.1, -0.05) is 64.4 Å². The Morgan fingerprint density at radius 1 is 1.00 bits per heavy atom. The molecule has 1 aromatic carbocycles. The molecule has 2 atom stereocenters. The minimum Gasteiger partial charge on any atom is -0.356 e. The van der Waals surface area contributed by atoms with E-state index in [4.69, 9.17) is 10.1 Å². The molecule has 1 aliphatic rings. The lowest BCUT2D eigenvalue weighted by Gasteiger charge is -2.37. The van der Waals surface area contributed by atoms with Gasteiger partial charge in [0.2, 0.25) is 0 Å². The summed E-state index contributed by atoms with van der Waals surface area (Å²) < 4.78 is 2.05. The molecule has 0 saturated carbocycles. The first kappa shape index (κ1) is 19.0. The van der Waals surface area contributed by atoms with Crippen molar-refractivity contribution in [2.75, 3.05) is 18.0 Å². The predicted octanol–water partition coefficient (Wildman–Crippen LogP) is 5.48. The van der Waals surface area contributed by atoms with E-state index in [2.05, 4.69) is 81.3 Å². The summed E-state index contributed by atoms with van der Waals surface area (Å²) in [5.41, 5.74) is 5.60. The first-order valence-electron chi connectivity index (χ1n) is 10.4. The van der Waals surface area contributed by atoms with Crippen LogP contribution in [0, 0.1) is 18.8 Å². The number of nitrogens with zero attached hydrogens (tertiary/aromatic N) is 4. The van der Waals surface area contributed by atoms with E-state index in [1.165, 1.54) is 23.4 Å². The molecular weight excluding hydrogens is 344 g/mol. The van der Waals surface area contributed by atoms with Crippen LogP contribution in [0.25, 0.3) is 16.8 Å². The van der Waals surface area contributed by atoms with Crippen LogP contribution in [0.4, 0.5) is 5.82 Å². The smallest absolute Gasteiger partial charge is 0.165 e. The van der Waals surface area contributed by atoms with Crippen molar-refractivity contribution in [3.63, 3.8) is 0 Å². The van der Waals surface area contributed by atoms with Gasteiger partial charge in [-0.15, -0.1) is 0 Å². The van der Waals surface area contributed by atoms with Gasteiger partial charge in [-0.2, -0.15) is 9.61 Å². The molecule has 1 saturated heterocycles. The molecule has 1 fully saturated rings. The molecule has 1 aliphatic heterocycles. The van der Waals surface area contributed by atoms with Crippen LogP contribution in [0.3, 0.4) is 0 Å². The van der Waals surface area contributed by atoms with Gasteiger partial charge < -0.3 is 4.90 Å². The van der Waals surface area contributed by atoms with Gasteiger partial charge in [-0.05, 0) is 30.7 Å². The fourth-order valence-electron chi connectivity index (χ4n) is 4.34. The number of piperidine rings is 1. The Bertz CT molecular complexity index is 968. The normalized spacial score (nSPS) is 20.7. The van der Waals surface area contributed by atoms with Gasteiger partial charge >= 0.3 is 0 Å². The molecule has 4 nitrogen and oxygen atoms in total. The zero-order valence-electron chi connectivity index (χ0n) is 18.0. The number of fused-ring (bicyclic) bond motifs is 1. The quantitative estimate of drug-likeness (QED) is 0.593. The minimum atomic E-state index is -0.0155. The van der Waals surface area contributed by atoms with Crippen LogP contribution < -0.4 is 4.90 Å². The van der Waals surface area contributed by atoms with Crippen LogP contribution >= 0.6 is 0 Å². The minimum absolute atomic E-state index is 0.0155. The van der Waals surface area contributed by atoms with Gasteiger partial charge in [0.05, 0.1) is 11.9 Å². The van der Waals surface area contributed by atoms with Crippen LogP contribution in [0.5, 0.6) is 0 Å². The highest BCUT2D eigenvalue weighted by Gasteiger charge is 2.27. The van der Waals surface area contributed by atoms with Crippen LogP contribution in [-0.2, 0) is 5.41 Å². The number of anilines is 1. The van der Waals surface area contributed by atoms with Gasteiger partial charge in [0.1, 0.15) is 5.82 Å². The largest absolute Gasteiger partial charge is 0.356 e. The Labute approximate surface area is 168 Å². The van der Waals surface area contributed by atoms with Crippen molar-refractivity contribution < 1.29 is 0 Å². The summed E-state index contributed by atoms with van der Waals surface area (Å²) in [5.74, 6) is 2.56. The van der Waals surface area contributed by atoms with Crippen LogP contribution in [0.1, 0.15) is 52.3 Å². The van der Waals surface area contributed by atoms with Crippen molar-refractivity contribution in [1.29, 1.82) is 0 Å². The first-order chi connectivity index (χ1) is 13.2. The third-order valence-electron chi connectivity index (χ3n) is 5.78. The number of aryl methyl sites for hydroxylation is 1. The van der Waals surface area contributed by atoms with E-state index in [9.17, 15) is 0 Å². The Balaban J connectivity index is 1.90. The maximum Gasteiger partial charge on any atom is 0.165 e. The Morgan fingerprint density at radius 3 is 2.25 bits per heavy atom. The monoisotopic (exact) mass is 376 g/mol. The third kappa shape index (κ3) is 3.52. The van der Waals surface area contributed by atoms with Crippen molar-refractivity contribution >= 4 is 11.5 Å². The maximum atomic E-state index is 5.07. The molecule has 148 valence electrons. The number of aromatic nitrogens is 3. The fourth-order valence-corrected chi connectivity index (χ4v) is 4.34.